The largest absolute Gasteiger partial charge is 0.432 e. The maximum atomic E-state index is 15.2. The second-order valence-corrected chi connectivity index (χ2v) is 10.7. The van der Waals surface area contributed by atoms with Gasteiger partial charge in [0.15, 0.2) is 6.10 Å². The van der Waals surface area contributed by atoms with Crippen LogP contribution < -0.4 is 16.1 Å². The number of halogens is 1. The number of fused-ring (bicyclic) bond motifs is 1. The molecule has 194 valence electrons. The lowest BCUT2D eigenvalue weighted by atomic mass is 9.95. The van der Waals surface area contributed by atoms with Gasteiger partial charge in [-0.05, 0) is 37.8 Å². The van der Waals surface area contributed by atoms with E-state index >= 15 is 4.39 Å². The lowest BCUT2D eigenvalue weighted by Gasteiger charge is -2.25. The quantitative estimate of drug-likeness (QED) is 0.543. The van der Waals surface area contributed by atoms with E-state index in [1.165, 1.54) is 12.5 Å². The highest BCUT2D eigenvalue weighted by Crippen LogP contribution is 2.34. The number of esters is 1. The minimum absolute atomic E-state index is 0.0671. The van der Waals surface area contributed by atoms with Gasteiger partial charge in [0.25, 0.3) is 0 Å². The van der Waals surface area contributed by atoms with Crippen LogP contribution in [0.5, 0.6) is 0 Å². The Morgan fingerprint density at radius 3 is 2.42 bits per heavy atom. The summed E-state index contributed by atoms with van der Waals surface area (Å²) in [7, 11) is 0. The number of pyridine rings is 1. The lowest BCUT2D eigenvalue weighted by molar-refractivity contribution is -0.160. The zero-order valence-electron chi connectivity index (χ0n) is 20.9. The minimum Gasteiger partial charge on any atom is -0.432 e. The molecule has 2 N–H and O–H groups in total. The average Bonchev–Trinajstić information content (AvgIpc) is 3.45. The van der Waals surface area contributed by atoms with Crippen molar-refractivity contribution in [2.24, 2.45) is 0 Å². The number of ether oxygens (including phenoxy) is 2. The third kappa shape index (κ3) is 5.12. The fraction of sp³-hybridized carbons (Fsp3) is 0.593. The van der Waals surface area contributed by atoms with E-state index in [4.69, 9.17) is 9.47 Å². The van der Waals surface area contributed by atoms with Crippen LogP contribution in [0, 0.1) is 5.82 Å². The molecule has 2 aliphatic carbocycles. The highest BCUT2D eigenvalue weighted by molar-refractivity contribution is 5.96. The van der Waals surface area contributed by atoms with Gasteiger partial charge < -0.3 is 24.7 Å². The molecule has 1 saturated heterocycles. The first-order valence-electron chi connectivity index (χ1n) is 13.1. The molecule has 3 aliphatic rings. The first-order chi connectivity index (χ1) is 17.2. The van der Waals surface area contributed by atoms with Gasteiger partial charge in [-0.15, -0.1) is 0 Å². The smallest absolute Gasteiger partial charge is 0.338 e. The molecule has 1 aliphatic heterocycles. The topological polar surface area (TPSA) is 98.7 Å². The first-order valence-corrected chi connectivity index (χ1v) is 13.1. The molecule has 1 atom stereocenters. The second-order valence-electron chi connectivity index (χ2n) is 10.7. The van der Waals surface area contributed by atoms with Crippen LogP contribution in [0.1, 0.15) is 84.1 Å². The third-order valence-corrected chi connectivity index (χ3v) is 7.48. The van der Waals surface area contributed by atoms with Crippen LogP contribution in [0.3, 0.4) is 0 Å². The average molecular weight is 500 g/mol. The second kappa shape index (κ2) is 9.84. The van der Waals surface area contributed by atoms with Crippen molar-refractivity contribution in [1.82, 2.24) is 4.57 Å². The van der Waals surface area contributed by atoms with Gasteiger partial charge >= 0.3 is 5.97 Å². The van der Waals surface area contributed by atoms with Crippen LogP contribution >= 0.6 is 0 Å². The van der Waals surface area contributed by atoms with Crippen molar-refractivity contribution in [1.29, 1.82) is 0 Å². The molecule has 2 heterocycles. The molecular formula is C27H34FN3O5. The van der Waals surface area contributed by atoms with Gasteiger partial charge in [-0.2, -0.15) is 0 Å². The molecule has 0 radical (unpaired) electrons. The number of rotatable bonds is 6. The molecule has 2 aromatic rings. The monoisotopic (exact) mass is 499 g/mol. The number of aromatic nitrogens is 1. The van der Waals surface area contributed by atoms with E-state index in [1.807, 2.05) is 4.57 Å². The van der Waals surface area contributed by atoms with Crippen LogP contribution in [0.25, 0.3) is 10.9 Å². The third-order valence-electron chi connectivity index (χ3n) is 7.48. The van der Waals surface area contributed by atoms with Crippen molar-refractivity contribution in [3.05, 3.63) is 34.4 Å². The summed E-state index contributed by atoms with van der Waals surface area (Å²) in [6, 6.07) is 3.41. The maximum absolute atomic E-state index is 15.2. The summed E-state index contributed by atoms with van der Waals surface area (Å²) in [5.41, 5.74) is 0.689. The first kappa shape index (κ1) is 24.7. The van der Waals surface area contributed by atoms with Gasteiger partial charge in [-0.25, -0.2) is 9.18 Å². The van der Waals surface area contributed by atoms with E-state index in [9.17, 15) is 14.4 Å². The Bertz CT molecular complexity index is 1230. The van der Waals surface area contributed by atoms with Crippen molar-refractivity contribution >= 4 is 34.2 Å². The molecule has 1 aromatic heterocycles. The summed E-state index contributed by atoms with van der Waals surface area (Å²) in [5.74, 6) is -2.73. The Kier molecular flexibility index (Phi) is 6.76. The van der Waals surface area contributed by atoms with E-state index in [0.717, 1.165) is 51.4 Å². The highest BCUT2D eigenvalue weighted by Gasteiger charge is 2.42. The SMILES string of the molecule is CC1(C)OC(=O)[C@@H](CC(=O)Nc2cn(C3CCCC3)c3cc(NC4CCCCC4)c(F)cc3c2=O)O1. The van der Waals surface area contributed by atoms with Gasteiger partial charge in [0.2, 0.25) is 17.1 Å². The molecule has 0 spiro atoms. The van der Waals surface area contributed by atoms with Crippen LogP contribution in [-0.2, 0) is 19.1 Å². The standard InChI is InChI=1S/C27H34FN3O5/c1-27(2)35-23(26(34)36-27)14-24(32)30-21-15-31(17-10-6-7-11-17)22-13-20(19(28)12-18(22)25(21)33)29-16-8-4-3-5-9-16/h12-13,15-17,23,29H,3-11,14H2,1-2H3,(H,30,32)/t23-/m1/s1. The van der Waals surface area contributed by atoms with Crippen molar-refractivity contribution in [2.75, 3.05) is 10.6 Å². The molecular weight excluding hydrogens is 465 g/mol. The number of nitrogens with zero attached hydrogens (tertiary/aromatic N) is 1. The van der Waals surface area contributed by atoms with Crippen LogP contribution in [0.4, 0.5) is 15.8 Å². The van der Waals surface area contributed by atoms with E-state index in [1.54, 1.807) is 26.1 Å². The van der Waals surface area contributed by atoms with E-state index in [0.29, 0.717) is 11.2 Å². The molecule has 1 amide bonds. The number of hydrogen-bond donors (Lipinski definition) is 2. The summed E-state index contributed by atoms with van der Waals surface area (Å²) in [6.07, 6.45) is 9.88. The molecule has 8 nitrogen and oxygen atoms in total. The van der Waals surface area contributed by atoms with Gasteiger partial charge in [0.1, 0.15) is 11.5 Å². The zero-order valence-corrected chi connectivity index (χ0v) is 20.9. The zero-order chi connectivity index (χ0) is 25.4. The Morgan fingerprint density at radius 2 is 1.75 bits per heavy atom. The van der Waals surface area contributed by atoms with Gasteiger partial charge in [-0.3, -0.25) is 9.59 Å². The predicted octanol–water partition coefficient (Wildman–Crippen LogP) is 5.01. The Morgan fingerprint density at radius 1 is 1.06 bits per heavy atom. The predicted molar refractivity (Wildman–Crippen MR) is 134 cm³/mol. The van der Waals surface area contributed by atoms with E-state index < -0.39 is 35.0 Å². The summed E-state index contributed by atoms with van der Waals surface area (Å²) < 4.78 is 27.8. The van der Waals surface area contributed by atoms with Gasteiger partial charge in [0, 0.05) is 32.1 Å². The van der Waals surface area contributed by atoms with Crippen LogP contribution in [0.15, 0.2) is 23.1 Å². The maximum Gasteiger partial charge on any atom is 0.338 e. The van der Waals surface area contributed by atoms with Crippen LogP contribution in [0.2, 0.25) is 0 Å². The van der Waals surface area contributed by atoms with Crippen molar-refractivity contribution < 1.29 is 23.5 Å². The lowest BCUT2D eigenvalue weighted by Crippen LogP contribution is -2.28. The van der Waals surface area contributed by atoms with Crippen molar-refractivity contribution in [3.63, 3.8) is 0 Å². The molecule has 0 bridgehead atoms. The number of benzene rings is 1. The van der Waals surface area contributed by atoms with E-state index in [-0.39, 0.29) is 29.6 Å². The van der Waals surface area contributed by atoms with Gasteiger partial charge in [0.05, 0.1) is 23.0 Å². The summed E-state index contributed by atoms with van der Waals surface area (Å²) in [5, 5.41) is 6.23. The summed E-state index contributed by atoms with van der Waals surface area (Å²) in [6.45, 7) is 3.19. The molecule has 36 heavy (non-hydrogen) atoms. The van der Waals surface area contributed by atoms with Crippen molar-refractivity contribution in [3.8, 4) is 0 Å². The number of amides is 1. The number of hydrogen-bond acceptors (Lipinski definition) is 6. The van der Waals surface area contributed by atoms with Crippen LogP contribution in [-0.4, -0.2) is 34.4 Å². The fourth-order valence-electron chi connectivity index (χ4n) is 5.74. The molecule has 2 saturated carbocycles. The van der Waals surface area contributed by atoms with Gasteiger partial charge in [-0.1, -0.05) is 32.1 Å². The summed E-state index contributed by atoms with van der Waals surface area (Å²) in [4.78, 5) is 38.1. The Labute approximate surface area is 209 Å². The molecule has 3 fully saturated rings. The normalized spacial score (nSPS) is 22.6. The number of carbonyl (C=O) groups excluding carboxylic acids is 2. The Hall–Kier alpha value is -2.94. The minimum atomic E-state index is -1.10. The molecule has 1 aromatic carbocycles. The number of nitrogens with one attached hydrogen (secondary N) is 2. The van der Waals surface area contributed by atoms with E-state index in [2.05, 4.69) is 10.6 Å². The molecule has 9 heteroatoms. The molecule has 0 unspecified atom stereocenters. The fourth-order valence-corrected chi connectivity index (χ4v) is 5.74. The molecule has 5 rings (SSSR count). The summed E-state index contributed by atoms with van der Waals surface area (Å²) >= 11 is 0. The number of cyclic esters (lactones) is 1. The van der Waals surface area contributed by atoms with Crippen molar-refractivity contribution in [2.45, 2.75) is 102 Å². The number of carbonyl (C=O) groups is 2. The highest BCUT2D eigenvalue weighted by atomic mass is 19.1. The number of anilines is 2. The Balaban J connectivity index is 1.46.